The molecule has 0 atom stereocenters. The molecule has 0 aliphatic carbocycles. The second-order valence-electron chi connectivity index (χ2n) is 5.75. The lowest BCUT2D eigenvalue weighted by Crippen LogP contribution is -2.13. The standard InChI is InChI=1S/C21H22N2O3/c1-4-11-26-20-13-16(7-10-19(20)25-3)12-17(14-22)21(24)23-18-8-5-15(2)6-9-18/h5-10,12-13H,4,11H2,1-3H3,(H,23,24)/b17-12+. The van der Waals surface area contributed by atoms with E-state index in [0.29, 0.717) is 29.4 Å². The van der Waals surface area contributed by atoms with Crippen molar-refractivity contribution in [3.63, 3.8) is 0 Å². The van der Waals surface area contributed by atoms with Crippen LogP contribution in [0.3, 0.4) is 0 Å². The first kappa shape index (κ1) is 19.1. The van der Waals surface area contributed by atoms with Gasteiger partial charge in [-0.3, -0.25) is 4.79 Å². The van der Waals surface area contributed by atoms with Gasteiger partial charge in [0.25, 0.3) is 5.91 Å². The molecule has 5 nitrogen and oxygen atoms in total. The van der Waals surface area contributed by atoms with Gasteiger partial charge in [-0.15, -0.1) is 0 Å². The SMILES string of the molecule is CCCOc1cc(/C=C(\C#N)C(=O)Nc2ccc(C)cc2)ccc1OC. The van der Waals surface area contributed by atoms with Crippen LogP contribution in [0.25, 0.3) is 6.08 Å². The topological polar surface area (TPSA) is 71.3 Å². The molecule has 0 aliphatic heterocycles. The van der Waals surface area contributed by atoms with Gasteiger partial charge in [-0.25, -0.2) is 0 Å². The number of amides is 1. The van der Waals surface area contributed by atoms with Gasteiger partial charge in [0.15, 0.2) is 11.5 Å². The van der Waals surface area contributed by atoms with Crippen molar-refractivity contribution in [2.75, 3.05) is 19.0 Å². The minimum atomic E-state index is -0.455. The lowest BCUT2D eigenvalue weighted by Gasteiger charge is -2.11. The predicted octanol–water partition coefficient (Wildman–Crippen LogP) is 4.34. The summed E-state index contributed by atoms with van der Waals surface area (Å²) >= 11 is 0. The van der Waals surface area contributed by atoms with Crippen LogP contribution < -0.4 is 14.8 Å². The maximum absolute atomic E-state index is 12.4. The Bertz CT molecular complexity index is 833. The smallest absolute Gasteiger partial charge is 0.266 e. The number of benzene rings is 2. The van der Waals surface area contributed by atoms with E-state index in [1.54, 1.807) is 37.4 Å². The lowest BCUT2D eigenvalue weighted by molar-refractivity contribution is -0.112. The first-order chi connectivity index (χ1) is 12.6. The summed E-state index contributed by atoms with van der Waals surface area (Å²) in [5.74, 6) is 0.737. The van der Waals surface area contributed by atoms with Gasteiger partial charge in [-0.05, 0) is 49.2 Å². The second-order valence-corrected chi connectivity index (χ2v) is 5.75. The molecule has 0 bridgehead atoms. The van der Waals surface area contributed by atoms with Crippen LogP contribution in [-0.4, -0.2) is 19.6 Å². The second kappa shape index (κ2) is 9.28. The number of carbonyl (C=O) groups is 1. The number of anilines is 1. The molecule has 26 heavy (non-hydrogen) atoms. The molecule has 0 heterocycles. The third-order valence-corrected chi connectivity index (χ3v) is 3.63. The van der Waals surface area contributed by atoms with Gasteiger partial charge in [-0.2, -0.15) is 5.26 Å². The first-order valence-corrected chi connectivity index (χ1v) is 8.38. The Labute approximate surface area is 153 Å². The fraction of sp³-hybridized carbons (Fsp3) is 0.238. The fourth-order valence-corrected chi connectivity index (χ4v) is 2.26. The summed E-state index contributed by atoms with van der Waals surface area (Å²) in [6, 6.07) is 14.6. The highest BCUT2D eigenvalue weighted by Gasteiger charge is 2.11. The molecule has 1 amide bonds. The maximum atomic E-state index is 12.4. The molecule has 134 valence electrons. The molecule has 0 unspecified atom stereocenters. The van der Waals surface area contributed by atoms with Gasteiger partial charge in [0.2, 0.25) is 0 Å². The van der Waals surface area contributed by atoms with E-state index in [0.717, 1.165) is 12.0 Å². The highest BCUT2D eigenvalue weighted by molar-refractivity contribution is 6.09. The third kappa shape index (κ3) is 5.12. The predicted molar refractivity (Wildman–Crippen MR) is 102 cm³/mol. The minimum Gasteiger partial charge on any atom is -0.493 e. The molecule has 0 spiro atoms. The van der Waals surface area contributed by atoms with E-state index < -0.39 is 5.91 Å². The van der Waals surface area contributed by atoms with Crippen molar-refractivity contribution in [3.05, 3.63) is 59.2 Å². The van der Waals surface area contributed by atoms with Crippen LogP contribution in [0.2, 0.25) is 0 Å². The molecule has 0 radical (unpaired) electrons. The highest BCUT2D eigenvalue weighted by atomic mass is 16.5. The normalized spacial score (nSPS) is 10.8. The summed E-state index contributed by atoms with van der Waals surface area (Å²) in [5.41, 5.74) is 2.44. The maximum Gasteiger partial charge on any atom is 0.266 e. The van der Waals surface area contributed by atoms with Crippen molar-refractivity contribution in [1.82, 2.24) is 0 Å². The summed E-state index contributed by atoms with van der Waals surface area (Å²) in [4.78, 5) is 12.4. The Hall–Kier alpha value is -3.26. The van der Waals surface area contributed by atoms with Crippen molar-refractivity contribution in [2.45, 2.75) is 20.3 Å². The molecule has 0 aromatic heterocycles. The zero-order valence-electron chi connectivity index (χ0n) is 15.2. The monoisotopic (exact) mass is 350 g/mol. The van der Waals surface area contributed by atoms with Crippen LogP contribution in [0.5, 0.6) is 11.5 Å². The Morgan fingerprint density at radius 1 is 1.19 bits per heavy atom. The number of carbonyl (C=O) groups excluding carboxylic acids is 1. The van der Waals surface area contributed by atoms with E-state index in [4.69, 9.17) is 9.47 Å². The summed E-state index contributed by atoms with van der Waals surface area (Å²) in [7, 11) is 1.57. The Kier molecular flexibility index (Phi) is 6.81. The Morgan fingerprint density at radius 2 is 1.92 bits per heavy atom. The number of ether oxygens (including phenoxy) is 2. The number of hydrogen-bond donors (Lipinski definition) is 1. The molecule has 2 aromatic carbocycles. The van der Waals surface area contributed by atoms with Crippen molar-refractivity contribution in [1.29, 1.82) is 5.26 Å². The van der Waals surface area contributed by atoms with E-state index in [2.05, 4.69) is 5.32 Å². The quantitative estimate of drug-likeness (QED) is 0.596. The zero-order valence-corrected chi connectivity index (χ0v) is 15.2. The molecule has 2 rings (SSSR count). The number of nitriles is 1. The molecule has 2 aromatic rings. The Balaban J connectivity index is 2.22. The van der Waals surface area contributed by atoms with Gasteiger partial charge in [0.05, 0.1) is 13.7 Å². The summed E-state index contributed by atoms with van der Waals surface area (Å²) in [6.45, 7) is 4.54. The molecule has 0 saturated heterocycles. The summed E-state index contributed by atoms with van der Waals surface area (Å²) in [6.07, 6.45) is 2.40. The highest BCUT2D eigenvalue weighted by Crippen LogP contribution is 2.29. The van der Waals surface area contributed by atoms with Crippen LogP contribution in [0, 0.1) is 18.3 Å². The van der Waals surface area contributed by atoms with Crippen molar-refractivity contribution in [3.8, 4) is 17.6 Å². The van der Waals surface area contributed by atoms with E-state index >= 15 is 0 Å². The molecule has 0 aliphatic rings. The van der Waals surface area contributed by atoms with Gasteiger partial charge in [0, 0.05) is 5.69 Å². The number of methoxy groups -OCH3 is 1. The number of hydrogen-bond acceptors (Lipinski definition) is 4. The molecular weight excluding hydrogens is 328 g/mol. The average molecular weight is 350 g/mol. The molecular formula is C21H22N2O3. The molecule has 0 fully saturated rings. The number of nitrogens with zero attached hydrogens (tertiary/aromatic N) is 1. The molecule has 1 N–H and O–H groups in total. The average Bonchev–Trinajstić information content (AvgIpc) is 2.66. The first-order valence-electron chi connectivity index (χ1n) is 8.38. The number of aryl methyl sites for hydroxylation is 1. The van der Waals surface area contributed by atoms with Crippen LogP contribution in [0.15, 0.2) is 48.0 Å². The lowest BCUT2D eigenvalue weighted by atomic mass is 10.1. The van der Waals surface area contributed by atoms with Crippen LogP contribution in [0.1, 0.15) is 24.5 Å². The van der Waals surface area contributed by atoms with Crippen LogP contribution >= 0.6 is 0 Å². The van der Waals surface area contributed by atoms with Gasteiger partial charge >= 0.3 is 0 Å². The van der Waals surface area contributed by atoms with E-state index in [-0.39, 0.29) is 5.57 Å². The minimum absolute atomic E-state index is 0.0113. The van der Waals surface area contributed by atoms with Gasteiger partial charge in [-0.1, -0.05) is 30.7 Å². The van der Waals surface area contributed by atoms with Crippen LogP contribution in [-0.2, 0) is 4.79 Å². The fourth-order valence-electron chi connectivity index (χ4n) is 2.26. The van der Waals surface area contributed by atoms with Crippen molar-refractivity contribution >= 4 is 17.7 Å². The third-order valence-electron chi connectivity index (χ3n) is 3.63. The number of nitrogens with one attached hydrogen (secondary N) is 1. The summed E-state index contributed by atoms with van der Waals surface area (Å²) < 4.78 is 10.9. The van der Waals surface area contributed by atoms with E-state index in [9.17, 15) is 10.1 Å². The van der Waals surface area contributed by atoms with Crippen LogP contribution in [0.4, 0.5) is 5.69 Å². The van der Waals surface area contributed by atoms with Crippen molar-refractivity contribution in [2.24, 2.45) is 0 Å². The number of rotatable bonds is 7. The van der Waals surface area contributed by atoms with Crippen molar-refractivity contribution < 1.29 is 14.3 Å². The largest absolute Gasteiger partial charge is 0.493 e. The zero-order chi connectivity index (χ0) is 18.9. The van der Waals surface area contributed by atoms with E-state index in [1.165, 1.54) is 6.08 Å². The molecule has 5 heteroatoms. The summed E-state index contributed by atoms with van der Waals surface area (Å²) in [5, 5.41) is 12.1. The van der Waals surface area contributed by atoms with E-state index in [1.807, 2.05) is 32.0 Å². The van der Waals surface area contributed by atoms with Gasteiger partial charge in [0.1, 0.15) is 11.6 Å². The Morgan fingerprint density at radius 3 is 2.54 bits per heavy atom. The molecule has 0 saturated carbocycles. The van der Waals surface area contributed by atoms with Gasteiger partial charge < -0.3 is 14.8 Å².